The van der Waals surface area contributed by atoms with E-state index in [1.54, 1.807) is 52.0 Å². The molecule has 0 saturated heterocycles. The predicted molar refractivity (Wildman–Crippen MR) is 110 cm³/mol. The Morgan fingerprint density at radius 1 is 1.00 bits per heavy atom. The Bertz CT molecular complexity index is 1010. The number of esters is 1. The number of aromatic nitrogens is 2. The van der Waals surface area contributed by atoms with E-state index in [-0.39, 0.29) is 5.89 Å². The Morgan fingerprint density at radius 2 is 1.67 bits per heavy atom. The van der Waals surface area contributed by atoms with Gasteiger partial charge in [-0.3, -0.25) is 5.32 Å². The molecule has 3 aromatic rings. The summed E-state index contributed by atoms with van der Waals surface area (Å²) in [5, 5.41) is 10.6. The first-order valence-electron chi connectivity index (χ1n) is 9.41. The maximum atomic E-state index is 12.4. The minimum absolute atomic E-state index is 0.199. The highest BCUT2D eigenvalue weighted by Gasteiger charge is 2.20. The lowest BCUT2D eigenvalue weighted by Gasteiger charge is -2.19. The van der Waals surface area contributed by atoms with E-state index in [0.29, 0.717) is 17.1 Å². The number of benzene rings is 2. The summed E-state index contributed by atoms with van der Waals surface area (Å²) in [6, 6.07) is 15.6. The average molecular weight is 409 g/mol. The lowest BCUT2D eigenvalue weighted by molar-refractivity contribution is 0.0279. The maximum Gasteiger partial charge on any atom is 0.412 e. The van der Waals surface area contributed by atoms with E-state index in [0.717, 1.165) is 5.56 Å². The van der Waals surface area contributed by atoms with Crippen LogP contribution >= 0.6 is 0 Å². The van der Waals surface area contributed by atoms with Gasteiger partial charge < -0.3 is 13.9 Å². The molecule has 1 heterocycles. The fraction of sp³-hybridized carbons (Fsp3) is 0.273. The Kier molecular flexibility index (Phi) is 6.15. The van der Waals surface area contributed by atoms with Crippen molar-refractivity contribution in [3.05, 3.63) is 66.1 Å². The SMILES string of the molecule is C[C@H](OC(=O)c1ccc(NC(=O)OC(C)(C)C)cc1)c1nnc(-c2ccccc2)o1. The highest BCUT2D eigenvalue weighted by Crippen LogP contribution is 2.23. The molecule has 1 N–H and O–H groups in total. The molecule has 0 bridgehead atoms. The second-order valence-corrected chi connectivity index (χ2v) is 7.56. The van der Waals surface area contributed by atoms with Crippen LogP contribution in [-0.4, -0.2) is 27.9 Å². The fourth-order valence-electron chi connectivity index (χ4n) is 2.49. The number of nitrogens with one attached hydrogen (secondary N) is 1. The molecule has 0 aliphatic heterocycles. The van der Waals surface area contributed by atoms with Gasteiger partial charge in [0.25, 0.3) is 5.89 Å². The van der Waals surface area contributed by atoms with E-state index in [4.69, 9.17) is 13.9 Å². The summed E-state index contributed by atoms with van der Waals surface area (Å²) in [5.41, 5.74) is 1.000. The average Bonchev–Trinajstić information content (AvgIpc) is 3.18. The van der Waals surface area contributed by atoms with Gasteiger partial charge in [-0.05, 0) is 64.1 Å². The van der Waals surface area contributed by atoms with Crippen LogP contribution in [0.5, 0.6) is 0 Å². The molecular weight excluding hydrogens is 386 g/mol. The molecule has 156 valence electrons. The molecule has 0 radical (unpaired) electrons. The monoisotopic (exact) mass is 409 g/mol. The van der Waals surface area contributed by atoms with Crippen molar-refractivity contribution in [3.63, 3.8) is 0 Å². The number of ether oxygens (including phenoxy) is 2. The minimum atomic E-state index is -0.720. The van der Waals surface area contributed by atoms with Crippen LogP contribution in [0, 0.1) is 0 Å². The zero-order valence-electron chi connectivity index (χ0n) is 17.2. The normalized spacial score (nSPS) is 12.1. The van der Waals surface area contributed by atoms with Crippen LogP contribution in [0.25, 0.3) is 11.5 Å². The van der Waals surface area contributed by atoms with Crippen molar-refractivity contribution in [1.29, 1.82) is 0 Å². The molecule has 1 amide bonds. The van der Waals surface area contributed by atoms with Gasteiger partial charge in [0.1, 0.15) is 5.60 Å². The molecule has 8 nitrogen and oxygen atoms in total. The summed E-state index contributed by atoms with van der Waals surface area (Å²) in [6.07, 6.45) is -1.29. The van der Waals surface area contributed by atoms with Crippen molar-refractivity contribution < 1.29 is 23.5 Å². The fourth-order valence-corrected chi connectivity index (χ4v) is 2.49. The van der Waals surface area contributed by atoms with Crippen LogP contribution < -0.4 is 5.32 Å². The van der Waals surface area contributed by atoms with Crippen LogP contribution in [-0.2, 0) is 9.47 Å². The summed E-state index contributed by atoms with van der Waals surface area (Å²) in [5.74, 6) is 0.00210. The third-order valence-corrected chi connectivity index (χ3v) is 3.86. The second kappa shape index (κ2) is 8.77. The van der Waals surface area contributed by atoms with Gasteiger partial charge >= 0.3 is 12.1 Å². The number of hydrogen-bond donors (Lipinski definition) is 1. The smallest absolute Gasteiger partial charge is 0.412 e. The van der Waals surface area contributed by atoms with Crippen LogP contribution in [0.2, 0.25) is 0 Å². The van der Waals surface area contributed by atoms with Crippen molar-refractivity contribution in [3.8, 4) is 11.5 Å². The summed E-state index contributed by atoms with van der Waals surface area (Å²) >= 11 is 0. The summed E-state index contributed by atoms with van der Waals surface area (Å²) in [7, 11) is 0. The van der Waals surface area contributed by atoms with E-state index >= 15 is 0 Å². The molecule has 1 aromatic heterocycles. The summed E-state index contributed by atoms with van der Waals surface area (Å²) in [6.45, 7) is 6.98. The highest BCUT2D eigenvalue weighted by molar-refractivity contribution is 5.91. The van der Waals surface area contributed by atoms with Gasteiger partial charge in [-0.25, -0.2) is 9.59 Å². The molecule has 0 aliphatic rings. The zero-order valence-corrected chi connectivity index (χ0v) is 17.2. The number of hydrogen-bond acceptors (Lipinski definition) is 7. The molecule has 0 saturated carbocycles. The molecule has 3 rings (SSSR count). The molecular formula is C22H23N3O5. The number of amides is 1. The van der Waals surface area contributed by atoms with Crippen LogP contribution in [0.15, 0.2) is 59.0 Å². The molecule has 0 spiro atoms. The van der Waals surface area contributed by atoms with Crippen molar-refractivity contribution in [1.82, 2.24) is 10.2 Å². The minimum Gasteiger partial charge on any atom is -0.449 e. The molecule has 8 heteroatoms. The molecule has 2 aromatic carbocycles. The van der Waals surface area contributed by atoms with Crippen molar-refractivity contribution in [2.75, 3.05) is 5.32 Å². The van der Waals surface area contributed by atoms with Gasteiger partial charge in [0.05, 0.1) is 5.56 Å². The van der Waals surface area contributed by atoms with Crippen LogP contribution in [0.3, 0.4) is 0 Å². The molecule has 1 atom stereocenters. The number of rotatable bonds is 5. The Labute approximate surface area is 174 Å². The molecule has 30 heavy (non-hydrogen) atoms. The molecule has 0 aliphatic carbocycles. The van der Waals surface area contributed by atoms with Gasteiger partial charge in [-0.1, -0.05) is 18.2 Å². The largest absolute Gasteiger partial charge is 0.449 e. The predicted octanol–water partition coefficient (Wildman–Crippen LogP) is 5.00. The third kappa shape index (κ3) is 5.66. The lowest BCUT2D eigenvalue weighted by atomic mass is 10.2. The molecule has 0 fully saturated rings. The van der Waals surface area contributed by atoms with E-state index < -0.39 is 23.8 Å². The molecule has 0 unspecified atom stereocenters. The van der Waals surface area contributed by atoms with Crippen LogP contribution in [0.1, 0.15) is 50.0 Å². The van der Waals surface area contributed by atoms with Crippen molar-refractivity contribution in [2.45, 2.75) is 39.4 Å². The summed E-state index contributed by atoms with van der Waals surface area (Å²) < 4.78 is 16.2. The van der Waals surface area contributed by atoms with Gasteiger partial charge in [-0.2, -0.15) is 0 Å². The quantitative estimate of drug-likeness (QED) is 0.591. The zero-order chi connectivity index (χ0) is 21.7. The first-order chi connectivity index (χ1) is 14.2. The number of anilines is 1. The standard InChI is InChI=1S/C22H23N3O5/c1-14(18-24-25-19(29-18)15-8-6-5-7-9-15)28-20(26)16-10-12-17(13-11-16)23-21(27)30-22(2,3)4/h5-14H,1-4H3,(H,23,27)/t14-/m0/s1. The Balaban J connectivity index is 1.59. The lowest BCUT2D eigenvalue weighted by Crippen LogP contribution is -2.27. The van der Waals surface area contributed by atoms with Crippen molar-refractivity contribution >= 4 is 17.7 Å². The van der Waals surface area contributed by atoms with Gasteiger partial charge in [-0.15, -0.1) is 10.2 Å². The summed E-state index contributed by atoms with van der Waals surface area (Å²) in [4.78, 5) is 24.2. The van der Waals surface area contributed by atoms with E-state index in [9.17, 15) is 9.59 Å². The Morgan fingerprint density at radius 3 is 2.30 bits per heavy atom. The van der Waals surface area contributed by atoms with E-state index in [1.807, 2.05) is 30.3 Å². The number of carbonyl (C=O) groups is 2. The highest BCUT2D eigenvalue weighted by atomic mass is 16.6. The second-order valence-electron chi connectivity index (χ2n) is 7.56. The van der Waals surface area contributed by atoms with Crippen LogP contribution in [0.4, 0.5) is 10.5 Å². The van der Waals surface area contributed by atoms with Gasteiger partial charge in [0, 0.05) is 11.3 Å². The first kappa shape index (κ1) is 21.0. The van der Waals surface area contributed by atoms with E-state index in [1.165, 1.54) is 0 Å². The maximum absolute atomic E-state index is 12.4. The van der Waals surface area contributed by atoms with Gasteiger partial charge in [0.2, 0.25) is 5.89 Å². The number of carbonyl (C=O) groups excluding carboxylic acids is 2. The van der Waals surface area contributed by atoms with Gasteiger partial charge in [0.15, 0.2) is 6.10 Å². The third-order valence-electron chi connectivity index (χ3n) is 3.86. The first-order valence-corrected chi connectivity index (χ1v) is 9.41. The van der Waals surface area contributed by atoms with E-state index in [2.05, 4.69) is 15.5 Å². The Hall–Kier alpha value is -3.68. The topological polar surface area (TPSA) is 104 Å². The van der Waals surface area contributed by atoms with Crippen molar-refractivity contribution in [2.24, 2.45) is 0 Å². The number of nitrogens with zero attached hydrogens (tertiary/aromatic N) is 2.